The summed E-state index contributed by atoms with van der Waals surface area (Å²) in [4.78, 5) is 0.322. The van der Waals surface area contributed by atoms with Crippen molar-refractivity contribution < 1.29 is 13.2 Å². The van der Waals surface area contributed by atoms with Crippen LogP contribution in [0.4, 0.5) is 11.4 Å². The quantitative estimate of drug-likeness (QED) is 0.830. The summed E-state index contributed by atoms with van der Waals surface area (Å²) in [6, 6.07) is 11.0. The normalized spacial score (nSPS) is 11.1. The van der Waals surface area contributed by atoms with Gasteiger partial charge >= 0.3 is 0 Å². The van der Waals surface area contributed by atoms with Gasteiger partial charge in [-0.3, -0.25) is 0 Å². The Kier molecular flexibility index (Phi) is 4.37. The van der Waals surface area contributed by atoms with Crippen LogP contribution in [0.25, 0.3) is 0 Å². The molecule has 0 radical (unpaired) electrons. The number of methoxy groups -OCH3 is 1. The highest BCUT2D eigenvalue weighted by Crippen LogP contribution is 2.32. The van der Waals surface area contributed by atoms with Crippen molar-refractivity contribution in [1.82, 2.24) is 0 Å². The first-order valence-corrected chi connectivity index (χ1v) is 8.00. The predicted molar refractivity (Wildman–Crippen MR) is 83.5 cm³/mol. The van der Waals surface area contributed by atoms with Crippen LogP contribution in [0.2, 0.25) is 0 Å². The molecule has 0 aromatic heterocycles. The van der Waals surface area contributed by atoms with Crippen LogP contribution in [-0.2, 0) is 9.84 Å². The van der Waals surface area contributed by atoms with Crippen LogP contribution < -0.4 is 15.8 Å². The Morgan fingerprint density at radius 2 is 1.81 bits per heavy atom. The first kappa shape index (κ1) is 15.2. The first-order valence-electron chi connectivity index (χ1n) is 6.51. The monoisotopic (exact) mass is 306 g/mol. The van der Waals surface area contributed by atoms with Crippen molar-refractivity contribution in [3.05, 3.63) is 42.5 Å². The molecule has 0 heterocycles. The third-order valence-corrected chi connectivity index (χ3v) is 4.83. The van der Waals surface area contributed by atoms with Crippen LogP contribution in [0.1, 0.15) is 6.92 Å². The van der Waals surface area contributed by atoms with Crippen molar-refractivity contribution in [1.29, 1.82) is 0 Å². The van der Waals surface area contributed by atoms with Gasteiger partial charge in [-0.1, -0.05) is 0 Å². The summed E-state index contributed by atoms with van der Waals surface area (Å²) in [5, 5.41) is 3.12. The number of rotatable bonds is 5. The highest BCUT2D eigenvalue weighted by atomic mass is 32.2. The van der Waals surface area contributed by atoms with E-state index in [0.29, 0.717) is 11.4 Å². The fourth-order valence-corrected chi connectivity index (χ4v) is 3.38. The lowest BCUT2D eigenvalue weighted by atomic mass is 10.3. The number of nitrogens with two attached hydrogens (primary N) is 1. The lowest BCUT2D eigenvalue weighted by Crippen LogP contribution is -2.06. The largest absolute Gasteiger partial charge is 0.495 e. The van der Waals surface area contributed by atoms with Gasteiger partial charge in [0.1, 0.15) is 10.6 Å². The molecule has 0 saturated carbocycles. The smallest absolute Gasteiger partial charge is 0.210 e. The van der Waals surface area contributed by atoms with Gasteiger partial charge in [-0.15, -0.1) is 0 Å². The third kappa shape index (κ3) is 3.11. The van der Waals surface area contributed by atoms with Crippen molar-refractivity contribution >= 4 is 21.2 Å². The van der Waals surface area contributed by atoms with E-state index in [9.17, 15) is 8.42 Å². The topological polar surface area (TPSA) is 81.4 Å². The molecule has 2 rings (SSSR count). The molecule has 0 amide bonds. The summed E-state index contributed by atoms with van der Waals surface area (Å²) in [6.07, 6.45) is 0. The van der Waals surface area contributed by atoms with Crippen molar-refractivity contribution in [3.63, 3.8) is 0 Å². The van der Waals surface area contributed by atoms with Crippen molar-refractivity contribution in [2.24, 2.45) is 0 Å². The molecule has 112 valence electrons. The van der Waals surface area contributed by atoms with E-state index in [1.54, 1.807) is 30.3 Å². The van der Waals surface area contributed by atoms with Crippen molar-refractivity contribution in [2.75, 3.05) is 24.7 Å². The summed E-state index contributed by atoms with van der Waals surface area (Å²) < 4.78 is 30.5. The van der Waals surface area contributed by atoms with E-state index in [1.807, 2.05) is 6.92 Å². The zero-order valence-electron chi connectivity index (χ0n) is 12.0. The summed E-state index contributed by atoms with van der Waals surface area (Å²) in [5.74, 6) is 0.310. The van der Waals surface area contributed by atoms with Crippen molar-refractivity contribution in [2.45, 2.75) is 16.7 Å². The highest BCUT2D eigenvalue weighted by Gasteiger charge is 2.22. The minimum absolute atomic E-state index is 0.136. The molecule has 0 spiro atoms. The molecule has 0 saturated heterocycles. The Labute approximate surface area is 124 Å². The van der Waals surface area contributed by atoms with Crippen LogP contribution in [0, 0.1) is 0 Å². The summed E-state index contributed by atoms with van der Waals surface area (Å²) in [7, 11) is -2.19. The maximum atomic E-state index is 12.7. The van der Waals surface area contributed by atoms with E-state index < -0.39 is 9.84 Å². The molecule has 21 heavy (non-hydrogen) atoms. The fourth-order valence-electron chi connectivity index (χ4n) is 1.98. The minimum Gasteiger partial charge on any atom is -0.495 e. The van der Waals surface area contributed by atoms with Gasteiger partial charge in [0.05, 0.1) is 12.0 Å². The standard InChI is InChI=1S/C15H18N2O3S/c1-3-17-12-6-9-15(14(10-12)20-2)21(18,19)13-7-4-11(16)5-8-13/h4-10,17H,3,16H2,1-2H3. The number of hydrogen-bond donors (Lipinski definition) is 2. The molecule has 5 nitrogen and oxygen atoms in total. The van der Waals surface area contributed by atoms with Gasteiger partial charge < -0.3 is 15.8 Å². The van der Waals surface area contributed by atoms with Crippen LogP contribution in [0.5, 0.6) is 5.75 Å². The number of ether oxygens (including phenoxy) is 1. The maximum Gasteiger partial charge on any atom is 0.210 e. The highest BCUT2D eigenvalue weighted by molar-refractivity contribution is 7.91. The lowest BCUT2D eigenvalue weighted by molar-refractivity contribution is 0.403. The van der Waals surface area contributed by atoms with Gasteiger partial charge in [0, 0.05) is 24.0 Å². The molecule has 2 aromatic carbocycles. The molecule has 6 heteroatoms. The number of nitrogen functional groups attached to an aromatic ring is 1. The Bertz CT molecular complexity index is 725. The molecule has 0 unspecified atom stereocenters. The van der Waals surface area contributed by atoms with Gasteiger partial charge in [0.25, 0.3) is 0 Å². The second-order valence-corrected chi connectivity index (χ2v) is 6.39. The van der Waals surface area contributed by atoms with Crippen LogP contribution in [-0.4, -0.2) is 22.1 Å². The molecular formula is C15H18N2O3S. The van der Waals surface area contributed by atoms with E-state index in [4.69, 9.17) is 10.5 Å². The van der Waals surface area contributed by atoms with Crippen LogP contribution in [0.3, 0.4) is 0 Å². The zero-order valence-corrected chi connectivity index (χ0v) is 12.8. The van der Waals surface area contributed by atoms with Gasteiger partial charge in [0.15, 0.2) is 0 Å². The van der Waals surface area contributed by atoms with Gasteiger partial charge in [0.2, 0.25) is 9.84 Å². The molecule has 2 aromatic rings. The summed E-state index contributed by atoms with van der Waals surface area (Å²) >= 11 is 0. The average Bonchev–Trinajstić information content (AvgIpc) is 2.47. The first-order chi connectivity index (χ1) is 9.98. The van der Waals surface area contributed by atoms with E-state index in [2.05, 4.69) is 5.32 Å². The minimum atomic E-state index is -3.64. The number of hydrogen-bond acceptors (Lipinski definition) is 5. The Morgan fingerprint density at radius 3 is 2.38 bits per heavy atom. The van der Waals surface area contributed by atoms with Crippen LogP contribution in [0.15, 0.2) is 52.3 Å². The van der Waals surface area contributed by atoms with Crippen molar-refractivity contribution in [3.8, 4) is 5.75 Å². The fraction of sp³-hybridized carbons (Fsp3) is 0.200. The molecule has 0 bridgehead atoms. The molecule has 0 aliphatic heterocycles. The third-order valence-electron chi connectivity index (χ3n) is 3.02. The van der Waals surface area contributed by atoms with Gasteiger partial charge in [-0.05, 0) is 43.3 Å². The Balaban J connectivity index is 2.51. The van der Waals surface area contributed by atoms with E-state index in [0.717, 1.165) is 12.2 Å². The SMILES string of the molecule is CCNc1ccc(S(=O)(=O)c2ccc(N)cc2)c(OC)c1. The second-order valence-electron chi connectivity index (χ2n) is 4.47. The van der Waals surface area contributed by atoms with Gasteiger partial charge in [-0.25, -0.2) is 8.42 Å². The molecule has 0 fully saturated rings. The zero-order chi connectivity index (χ0) is 15.5. The number of sulfone groups is 1. The number of anilines is 2. The lowest BCUT2D eigenvalue weighted by Gasteiger charge is -2.12. The summed E-state index contributed by atoms with van der Waals surface area (Å²) in [6.45, 7) is 2.71. The maximum absolute atomic E-state index is 12.7. The number of nitrogens with one attached hydrogen (secondary N) is 1. The summed E-state index contributed by atoms with van der Waals surface area (Å²) in [5.41, 5.74) is 6.92. The Hall–Kier alpha value is -2.21. The molecule has 0 aliphatic rings. The average molecular weight is 306 g/mol. The molecule has 0 aliphatic carbocycles. The van der Waals surface area contributed by atoms with E-state index in [-0.39, 0.29) is 9.79 Å². The second kappa shape index (κ2) is 6.05. The molecule has 3 N–H and O–H groups in total. The molecular weight excluding hydrogens is 288 g/mol. The Morgan fingerprint density at radius 1 is 1.14 bits per heavy atom. The van der Waals surface area contributed by atoms with Crippen LogP contribution >= 0.6 is 0 Å². The van der Waals surface area contributed by atoms with E-state index in [1.165, 1.54) is 19.2 Å². The van der Waals surface area contributed by atoms with Gasteiger partial charge in [-0.2, -0.15) is 0 Å². The predicted octanol–water partition coefficient (Wildman–Crippen LogP) is 2.54. The van der Waals surface area contributed by atoms with E-state index >= 15 is 0 Å². The molecule has 0 atom stereocenters. The number of benzene rings is 2.